The maximum Gasteiger partial charge on any atom is 0.416 e. The minimum atomic E-state index is -0.622. The van der Waals surface area contributed by atoms with E-state index >= 15 is 0 Å². The van der Waals surface area contributed by atoms with Gasteiger partial charge in [-0.1, -0.05) is 11.6 Å². The number of carbonyl (C=O) groups is 2. The number of halogens is 2. The van der Waals surface area contributed by atoms with Crippen LogP contribution in [0.15, 0.2) is 10.7 Å². The van der Waals surface area contributed by atoms with Crippen LogP contribution in [-0.4, -0.2) is 45.8 Å². The van der Waals surface area contributed by atoms with Crippen LogP contribution in [0.5, 0.6) is 0 Å². The fraction of sp³-hybridized carbons (Fsp3) is 0.696. The van der Waals surface area contributed by atoms with Gasteiger partial charge < -0.3 is 9.47 Å². The Balaban J connectivity index is 1.95. The van der Waals surface area contributed by atoms with Crippen molar-refractivity contribution in [1.82, 2.24) is 4.98 Å². The number of pyridine rings is 1. The topological polar surface area (TPSA) is 68.7 Å². The van der Waals surface area contributed by atoms with Gasteiger partial charge in [-0.25, -0.2) is 9.78 Å². The summed E-state index contributed by atoms with van der Waals surface area (Å²) < 4.78 is 11.5. The molecule has 178 valence electrons. The van der Waals surface area contributed by atoms with Crippen LogP contribution in [0, 0.1) is 0 Å². The molecule has 0 unspecified atom stereocenters. The van der Waals surface area contributed by atoms with E-state index < -0.39 is 22.0 Å². The average Bonchev–Trinajstić information content (AvgIpc) is 2.98. The zero-order valence-corrected chi connectivity index (χ0v) is 23.0. The summed E-state index contributed by atoms with van der Waals surface area (Å²) in [6, 6.07) is 0. The normalized spacial score (nSPS) is 25.6. The number of thioether (sulfide) groups is 1. The third kappa shape index (κ3) is 4.92. The molecular formula is C23H32BrClN2O4S. The Bertz CT molecular complexity index is 918. The Morgan fingerprint density at radius 3 is 2.16 bits per heavy atom. The van der Waals surface area contributed by atoms with E-state index in [1.54, 1.807) is 22.9 Å². The van der Waals surface area contributed by atoms with Crippen LogP contribution in [0.4, 0.5) is 10.6 Å². The fourth-order valence-electron chi connectivity index (χ4n) is 4.46. The van der Waals surface area contributed by atoms with Gasteiger partial charge >= 0.3 is 12.1 Å². The summed E-state index contributed by atoms with van der Waals surface area (Å²) >= 11 is 11.8. The van der Waals surface area contributed by atoms with Crippen molar-refractivity contribution in [2.75, 3.05) is 17.7 Å². The van der Waals surface area contributed by atoms with Gasteiger partial charge in [0.2, 0.25) is 0 Å². The van der Waals surface area contributed by atoms with Gasteiger partial charge in [-0.15, -0.1) is 11.8 Å². The highest BCUT2D eigenvalue weighted by atomic mass is 79.9. The molecule has 1 spiro atoms. The predicted octanol–water partition coefficient (Wildman–Crippen LogP) is 6.51. The molecule has 3 rings (SSSR count). The number of fused-ring (bicyclic) bond motifs is 2. The van der Waals surface area contributed by atoms with E-state index in [1.807, 2.05) is 47.8 Å². The van der Waals surface area contributed by atoms with E-state index in [9.17, 15) is 9.59 Å². The van der Waals surface area contributed by atoms with Crippen LogP contribution in [0.2, 0.25) is 5.02 Å². The van der Waals surface area contributed by atoms with Crippen LogP contribution in [0.25, 0.3) is 0 Å². The number of amides is 1. The third-order valence-corrected chi connectivity index (χ3v) is 8.57. The van der Waals surface area contributed by atoms with Crippen LogP contribution in [0.1, 0.15) is 72.8 Å². The van der Waals surface area contributed by atoms with E-state index in [2.05, 4.69) is 20.9 Å². The molecule has 0 radical (unpaired) electrons. The standard InChI is InChI=1S/C23H32BrClN2O4S/c1-20(2,3)30-18(28)23(32-7)10-8-22(9-11-23)13-27(19(29)31-21(4,5)6)17-15(22)16(25)14(24)12-26-17/h12H,8-11,13H2,1-7H3. The summed E-state index contributed by atoms with van der Waals surface area (Å²) in [7, 11) is 0. The number of rotatable bonds is 2. The second-order valence-electron chi connectivity index (χ2n) is 10.7. The number of hydrogen-bond donors (Lipinski definition) is 0. The zero-order valence-electron chi connectivity index (χ0n) is 19.8. The SMILES string of the molecule is CSC1(C(=O)OC(C)(C)C)CCC2(CC1)CN(C(=O)OC(C)(C)C)c1ncc(Br)c(Cl)c12. The monoisotopic (exact) mass is 546 g/mol. The summed E-state index contributed by atoms with van der Waals surface area (Å²) in [6.07, 6.45) is 5.79. The van der Waals surface area contributed by atoms with Crippen LogP contribution in [-0.2, 0) is 19.7 Å². The molecule has 0 N–H and O–H groups in total. The van der Waals surface area contributed by atoms with Crippen LogP contribution < -0.4 is 4.90 Å². The van der Waals surface area contributed by atoms with Crippen molar-refractivity contribution in [3.05, 3.63) is 21.3 Å². The van der Waals surface area contributed by atoms with E-state index in [4.69, 9.17) is 21.1 Å². The first kappa shape index (κ1) is 25.6. The largest absolute Gasteiger partial charge is 0.459 e. The van der Waals surface area contributed by atoms with E-state index in [-0.39, 0.29) is 11.4 Å². The van der Waals surface area contributed by atoms with Crippen LogP contribution in [0.3, 0.4) is 0 Å². The molecule has 1 amide bonds. The van der Waals surface area contributed by atoms with Crippen molar-refractivity contribution in [3.63, 3.8) is 0 Å². The van der Waals surface area contributed by atoms with E-state index in [0.29, 0.717) is 47.5 Å². The zero-order chi connectivity index (χ0) is 24.1. The highest BCUT2D eigenvalue weighted by Crippen LogP contribution is 2.56. The number of anilines is 1. The number of esters is 1. The van der Waals surface area contributed by atoms with Gasteiger partial charge in [0.15, 0.2) is 0 Å². The first-order valence-corrected chi connectivity index (χ1v) is 13.2. The molecule has 1 aromatic heterocycles. The van der Waals surface area contributed by atoms with E-state index in [0.717, 1.165) is 5.56 Å². The number of aromatic nitrogens is 1. The third-order valence-electron chi connectivity index (χ3n) is 5.99. The Labute approximate surface area is 208 Å². The second kappa shape index (κ2) is 8.66. The molecule has 1 aromatic rings. The maximum atomic E-state index is 13.1. The minimum Gasteiger partial charge on any atom is -0.459 e. The van der Waals surface area contributed by atoms with Gasteiger partial charge in [-0.2, -0.15) is 0 Å². The van der Waals surface area contributed by atoms with Gasteiger partial charge in [0, 0.05) is 23.7 Å². The lowest BCUT2D eigenvalue weighted by molar-refractivity contribution is -0.159. The summed E-state index contributed by atoms with van der Waals surface area (Å²) in [5.41, 5.74) is -0.691. The minimum absolute atomic E-state index is 0.173. The molecule has 2 aliphatic rings. The quantitative estimate of drug-likeness (QED) is 0.393. The molecule has 1 aliphatic heterocycles. The van der Waals surface area contributed by atoms with Gasteiger partial charge in [0.1, 0.15) is 21.8 Å². The van der Waals surface area contributed by atoms with Crippen molar-refractivity contribution < 1.29 is 19.1 Å². The molecular weight excluding hydrogens is 516 g/mol. The molecule has 9 heteroatoms. The number of nitrogens with zero attached hydrogens (tertiary/aromatic N) is 2. The van der Waals surface area contributed by atoms with Crippen molar-refractivity contribution >= 4 is 57.2 Å². The van der Waals surface area contributed by atoms with Gasteiger partial charge in [0.05, 0.1) is 9.50 Å². The lowest BCUT2D eigenvalue weighted by Gasteiger charge is -2.43. The number of hydrogen-bond acceptors (Lipinski definition) is 6. The average molecular weight is 548 g/mol. The molecule has 0 saturated heterocycles. The number of ether oxygens (including phenoxy) is 2. The second-order valence-corrected chi connectivity index (χ2v) is 13.1. The van der Waals surface area contributed by atoms with Crippen molar-refractivity contribution in [2.24, 2.45) is 0 Å². The Hall–Kier alpha value is -0.990. The molecule has 2 heterocycles. The van der Waals surface area contributed by atoms with Gasteiger partial charge in [-0.3, -0.25) is 9.69 Å². The smallest absolute Gasteiger partial charge is 0.416 e. The molecule has 0 atom stereocenters. The highest BCUT2D eigenvalue weighted by Gasteiger charge is 2.55. The molecule has 0 bridgehead atoms. The van der Waals surface area contributed by atoms with E-state index in [1.165, 1.54) is 0 Å². The predicted molar refractivity (Wildman–Crippen MR) is 133 cm³/mol. The molecule has 1 aliphatic carbocycles. The lowest BCUT2D eigenvalue weighted by Crippen LogP contribution is -2.49. The Morgan fingerprint density at radius 2 is 1.66 bits per heavy atom. The Morgan fingerprint density at radius 1 is 1.09 bits per heavy atom. The lowest BCUT2D eigenvalue weighted by atomic mass is 9.67. The summed E-state index contributed by atoms with van der Waals surface area (Å²) in [5.74, 6) is 0.370. The van der Waals surface area contributed by atoms with Crippen LogP contribution >= 0.6 is 39.3 Å². The first-order chi connectivity index (χ1) is 14.6. The molecule has 0 aromatic carbocycles. The Kier molecular flexibility index (Phi) is 6.93. The highest BCUT2D eigenvalue weighted by molar-refractivity contribution is 9.10. The molecule has 6 nitrogen and oxygen atoms in total. The van der Waals surface area contributed by atoms with Crippen molar-refractivity contribution in [2.45, 2.75) is 88.6 Å². The first-order valence-electron chi connectivity index (χ1n) is 10.8. The number of carbonyl (C=O) groups excluding carboxylic acids is 2. The van der Waals surface area contributed by atoms with Crippen molar-refractivity contribution in [1.29, 1.82) is 0 Å². The van der Waals surface area contributed by atoms with Gasteiger partial charge in [-0.05, 0) is 89.4 Å². The molecule has 1 saturated carbocycles. The summed E-state index contributed by atoms with van der Waals surface area (Å²) in [6.45, 7) is 11.6. The van der Waals surface area contributed by atoms with Crippen molar-refractivity contribution in [3.8, 4) is 0 Å². The van der Waals surface area contributed by atoms with Gasteiger partial charge in [0.25, 0.3) is 0 Å². The molecule has 32 heavy (non-hydrogen) atoms. The summed E-state index contributed by atoms with van der Waals surface area (Å²) in [5, 5.41) is 0.565. The maximum absolute atomic E-state index is 13.1. The summed E-state index contributed by atoms with van der Waals surface area (Å²) in [4.78, 5) is 32.3. The molecule has 1 fully saturated rings. The fourth-order valence-corrected chi connectivity index (χ4v) is 5.91.